The lowest BCUT2D eigenvalue weighted by Gasteiger charge is -2.27. The summed E-state index contributed by atoms with van der Waals surface area (Å²) in [7, 11) is 0. The molecule has 122 valence electrons. The quantitative estimate of drug-likeness (QED) is 0.860. The zero-order chi connectivity index (χ0) is 15.9. The molecule has 0 atom stereocenters. The summed E-state index contributed by atoms with van der Waals surface area (Å²) in [5.41, 5.74) is 2.05. The van der Waals surface area contributed by atoms with Crippen LogP contribution in [0.25, 0.3) is 0 Å². The molecule has 4 heteroatoms. The van der Waals surface area contributed by atoms with E-state index in [1.165, 1.54) is 0 Å². The first-order chi connectivity index (χ1) is 11.3. The molecule has 1 aliphatic rings. The molecular weight excluding hydrogens is 288 g/mol. The predicted octanol–water partition coefficient (Wildman–Crippen LogP) is 2.42. The number of benzene rings is 2. The van der Waals surface area contributed by atoms with Crippen molar-refractivity contribution in [2.75, 3.05) is 32.7 Å². The van der Waals surface area contributed by atoms with E-state index in [9.17, 15) is 5.11 Å². The van der Waals surface area contributed by atoms with E-state index in [2.05, 4.69) is 10.2 Å². The summed E-state index contributed by atoms with van der Waals surface area (Å²) in [5, 5.41) is 13.8. The molecule has 2 N–H and O–H groups in total. The molecule has 23 heavy (non-hydrogen) atoms. The average molecular weight is 312 g/mol. The van der Waals surface area contributed by atoms with Crippen LogP contribution in [0.5, 0.6) is 11.5 Å². The highest BCUT2D eigenvalue weighted by atomic mass is 16.5. The van der Waals surface area contributed by atoms with E-state index >= 15 is 0 Å². The lowest BCUT2D eigenvalue weighted by atomic mass is 10.1. The fourth-order valence-electron chi connectivity index (χ4n) is 2.83. The second kappa shape index (κ2) is 7.99. The van der Waals surface area contributed by atoms with Crippen LogP contribution in [0.3, 0.4) is 0 Å². The van der Waals surface area contributed by atoms with Crippen LogP contribution < -0.4 is 10.1 Å². The number of rotatable bonds is 6. The summed E-state index contributed by atoms with van der Waals surface area (Å²) in [4.78, 5) is 2.42. The Morgan fingerprint density at radius 3 is 2.57 bits per heavy atom. The Morgan fingerprint density at radius 1 is 1.00 bits per heavy atom. The van der Waals surface area contributed by atoms with Gasteiger partial charge in [0, 0.05) is 32.7 Å². The molecule has 1 fully saturated rings. The van der Waals surface area contributed by atoms with Crippen LogP contribution in [0.2, 0.25) is 0 Å². The summed E-state index contributed by atoms with van der Waals surface area (Å²) in [6, 6.07) is 15.8. The van der Waals surface area contributed by atoms with Gasteiger partial charge in [-0.15, -0.1) is 0 Å². The maximum absolute atomic E-state index is 10.4. The van der Waals surface area contributed by atoms with E-state index < -0.39 is 0 Å². The summed E-state index contributed by atoms with van der Waals surface area (Å²) in [5.74, 6) is 0.838. The van der Waals surface area contributed by atoms with Gasteiger partial charge in [0.15, 0.2) is 11.5 Å². The van der Waals surface area contributed by atoms with Crippen LogP contribution in [0.15, 0.2) is 48.5 Å². The van der Waals surface area contributed by atoms with Gasteiger partial charge in [-0.05, 0) is 23.6 Å². The first kappa shape index (κ1) is 15.8. The molecule has 1 aliphatic heterocycles. The third-order valence-corrected chi connectivity index (χ3v) is 4.23. The SMILES string of the molecule is Oc1c(CCN2CCNCC2)cccc1OCc1ccccc1. The van der Waals surface area contributed by atoms with Gasteiger partial charge in [0.1, 0.15) is 6.61 Å². The van der Waals surface area contributed by atoms with Crippen LogP contribution in [0.4, 0.5) is 0 Å². The highest BCUT2D eigenvalue weighted by molar-refractivity contribution is 5.45. The number of nitrogens with one attached hydrogen (secondary N) is 1. The van der Waals surface area contributed by atoms with Crippen molar-refractivity contribution in [1.82, 2.24) is 10.2 Å². The van der Waals surface area contributed by atoms with E-state index in [1.54, 1.807) is 0 Å². The molecule has 0 spiro atoms. The molecule has 4 nitrogen and oxygen atoms in total. The van der Waals surface area contributed by atoms with E-state index in [0.29, 0.717) is 12.4 Å². The van der Waals surface area contributed by atoms with Crippen molar-refractivity contribution in [3.05, 3.63) is 59.7 Å². The zero-order valence-electron chi connectivity index (χ0n) is 13.4. The summed E-state index contributed by atoms with van der Waals surface area (Å²) in [6.45, 7) is 5.68. The van der Waals surface area contributed by atoms with Crippen molar-refractivity contribution in [1.29, 1.82) is 0 Å². The molecule has 1 saturated heterocycles. The standard InChI is InChI=1S/C19H24N2O2/c22-19-17(9-12-21-13-10-20-11-14-21)7-4-8-18(19)23-15-16-5-2-1-3-6-16/h1-8,20,22H,9-15H2. The highest BCUT2D eigenvalue weighted by Gasteiger charge is 2.12. The lowest BCUT2D eigenvalue weighted by molar-refractivity contribution is 0.242. The molecule has 0 saturated carbocycles. The summed E-state index contributed by atoms with van der Waals surface area (Å²) < 4.78 is 5.78. The number of aromatic hydroxyl groups is 1. The van der Waals surface area contributed by atoms with E-state index in [4.69, 9.17) is 4.74 Å². The minimum absolute atomic E-state index is 0.276. The van der Waals surface area contributed by atoms with Gasteiger partial charge in [-0.3, -0.25) is 0 Å². The van der Waals surface area contributed by atoms with Crippen LogP contribution in [0, 0.1) is 0 Å². The summed E-state index contributed by atoms with van der Waals surface area (Å²) in [6.07, 6.45) is 0.842. The Morgan fingerprint density at radius 2 is 1.78 bits per heavy atom. The Labute approximate surface area is 137 Å². The molecule has 2 aromatic rings. The molecule has 2 aromatic carbocycles. The Hall–Kier alpha value is -2.04. The number of para-hydroxylation sites is 1. The van der Waals surface area contributed by atoms with Gasteiger partial charge in [-0.25, -0.2) is 0 Å². The largest absolute Gasteiger partial charge is 0.504 e. The van der Waals surface area contributed by atoms with Gasteiger partial charge in [0.2, 0.25) is 0 Å². The van der Waals surface area contributed by atoms with Gasteiger partial charge in [-0.2, -0.15) is 0 Å². The number of hydrogen-bond acceptors (Lipinski definition) is 4. The first-order valence-electron chi connectivity index (χ1n) is 8.23. The van der Waals surface area contributed by atoms with Gasteiger partial charge < -0.3 is 20.1 Å². The normalized spacial score (nSPS) is 15.5. The van der Waals surface area contributed by atoms with Gasteiger partial charge in [-0.1, -0.05) is 42.5 Å². The number of piperazine rings is 1. The number of phenolic OH excluding ortho intramolecular Hbond substituents is 1. The molecule has 0 unspecified atom stereocenters. The second-order valence-corrected chi connectivity index (χ2v) is 5.88. The zero-order valence-corrected chi connectivity index (χ0v) is 13.4. The van der Waals surface area contributed by atoms with E-state index in [-0.39, 0.29) is 5.75 Å². The molecule has 0 amide bonds. The molecule has 0 aliphatic carbocycles. The van der Waals surface area contributed by atoms with Crippen LogP contribution in [0.1, 0.15) is 11.1 Å². The lowest BCUT2D eigenvalue weighted by Crippen LogP contribution is -2.44. The maximum atomic E-state index is 10.4. The third kappa shape index (κ3) is 4.47. The van der Waals surface area contributed by atoms with E-state index in [1.807, 2.05) is 48.5 Å². The highest BCUT2D eigenvalue weighted by Crippen LogP contribution is 2.30. The monoisotopic (exact) mass is 312 g/mol. The fraction of sp³-hybridized carbons (Fsp3) is 0.368. The van der Waals surface area contributed by atoms with Crippen molar-refractivity contribution in [2.24, 2.45) is 0 Å². The minimum atomic E-state index is 0.276. The van der Waals surface area contributed by atoms with Gasteiger partial charge in [0.25, 0.3) is 0 Å². The number of nitrogens with zero attached hydrogens (tertiary/aromatic N) is 1. The molecule has 0 radical (unpaired) electrons. The van der Waals surface area contributed by atoms with Crippen LogP contribution in [-0.2, 0) is 13.0 Å². The molecule has 0 bridgehead atoms. The van der Waals surface area contributed by atoms with Crippen molar-refractivity contribution in [2.45, 2.75) is 13.0 Å². The Kier molecular flexibility index (Phi) is 5.51. The number of phenols is 1. The average Bonchev–Trinajstić information content (AvgIpc) is 2.61. The van der Waals surface area contributed by atoms with Crippen molar-refractivity contribution in [3.63, 3.8) is 0 Å². The third-order valence-electron chi connectivity index (χ3n) is 4.23. The number of ether oxygens (including phenoxy) is 1. The van der Waals surface area contributed by atoms with Gasteiger partial charge in [0.05, 0.1) is 0 Å². The predicted molar refractivity (Wildman–Crippen MR) is 91.9 cm³/mol. The first-order valence-corrected chi connectivity index (χ1v) is 8.23. The number of hydrogen-bond donors (Lipinski definition) is 2. The Bertz CT molecular complexity index is 610. The smallest absolute Gasteiger partial charge is 0.161 e. The minimum Gasteiger partial charge on any atom is -0.504 e. The molecule has 3 rings (SSSR count). The second-order valence-electron chi connectivity index (χ2n) is 5.88. The maximum Gasteiger partial charge on any atom is 0.161 e. The van der Waals surface area contributed by atoms with Crippen molar-refractivity contribution >= 4 is 0 Å². The van der Waals surface area contributed by atoms with Crippen molar-refractivity contribution < 1.29 is 9.84 Å². The molecule has 1 heterocycles. The van der Waals surface area contributed by atoms with Crippen LogP contribution in [-0.4, -0.2) is 42.7 Å². The molecule has 0 aromatic heterocycles. The van der Waals surface area contributed by atoms with Crippen LogP contribution >= 0.6 is 0 Å². The summed E-state index contributed by atoms with van der Waals surface area (Å²) >= 11 is 0. The topological polar surface area (TPSA) is 44.7 Å². The fourth-order valence-corrected chi connectivity index (χ4v) is 2.83. The van der Waals surface area contributed by atoms with Crippen molar-refractivity contribution in [3.8, 4) is 11.5 Å². The van der Waals surface area contributed by atoms with E-state index in [0.717, 1.165) is 50.3 Å². The Balaban J connectivity index is 1.59. The van der Waals surface area contributed by atoms with Gasteiger partial charge >= 0.3 is 0 Å². The molecular formula is C19H24N2O2.